The maximum absolute atomic E-state index is 12.9. The maximum Gasteiger partial charge on any atom is 0.416 e. The minimum Gasteiger partial charge on any atom is -0.306 e. The lowest BCUT2D eigenvalue weighted by molar-refractivity contribution is -0.138. The van der Waals surface area contributed by atoms with Crippen molar-refractivity contribution in [2.45, 2.75) is 25.7 Å². The number of nitrogens with one attached hydrogen (secondary N) is 1. The molecule has 106 valence electrons. The summed E-state index contributed by atoms with van der Waals surface area (Å²) in [7, 11) is 0. The quantitative estimate of drug-likeness (QED) is 0.917. The van der Waals surface area contributed by atoms with Gasteiger partial charge in [-0.05, 0) is 36.2 Å². The summed E-state index contributed by atoms with van der Waals surface area (Å²) in [6, 6.07) is 9.26. The highest BCUT2D eigenvalue weighted by Crippen LogP contribution is 2.31. The van der Waals surface area contributed by atoms with E-state index < -0.39 is 11.7 Å². The molecule has 0 radical (unpaired) electrons. The molecule has 0 saturated heterocycles. The van der Waals surface area contributed by atoms with Crippen LogP contribution in [-0.4, -0.2) is 4.98 Å². The van der Waals surface area contributed by atoms with Crippen LogP contribution in [0.4, 0.5) is 13.2 Å². The van der Waals surface area contributed by atoms with Crippen molar-refractivity contribution < 1.29 is 13.2 Å². The molecule has 0 bridgehead atoms. The predicted octanol–water partition coefficient (Wildman–Crippen LogP) is 3.95. The summed E-state index contributed by atoms with van der Waals surface area (Å²) in [5.41, 5.74) is 0.653. The molecule has 1 aromatic carbocycles. The van der Waals surface area contributed by atoms with Crippen LogP contribution in [0.2, 0.25) is 0 Å². The Bertz CT molecular complexity index is 553. The summed E-state index contributed by atoms with van der Waals surface area (Å²) in [6.07, 6.45) is -0.994. The van der Waals surface area contributed by atoms with Gasteiger partial charge in [-0.15, -0.1) is 0 Å². The van der Waals surface area contributed by atoms with E-state index in [1.165, 1.54) is 12.1 Å². The molecule has 0 amide bonds. The Kier molecular flexibility index (Phi) is 4.39. The SMILES string of the molecule is C[C@@H](NCc1ccccc1C(F)(F)F)c1ccncc1. The Hall–Kier alpha value is -1.88. The van der Waals surface area contributed by atoms with Crippen molar-refractivity contribution in [3.8, 4) is 0 Å². The number of aromatic nitrogens is 1. The van der Waals surface area contributed by atoms with Gasteiger partial charge in [-0.1, -0.05) is 18.2 Å². The molecule has 1 atom stereocenters. The van der Waals surface area contributed by atoms with Gasteiger partial charge in [0.2, 0.25) is 0 Å². The average molecular weight is 280 g/mol. The fourth-order valence-corrected chi connectivity index (χ4v) is 1.98. The lowest BCUT2D eigenvalue weighted by Gasteiger charge is -2.17. The Morgan fingerprint density at radius 3 is 2.40 bits per heavy atom. The molecule has 2 rings (SSSR count). The summed E-state index contributed by atoms with van der Waals surface area (Å²) in [5.74, 6) is 0. The lowest BCUT2D eigenvalue weighted by Crippen LogP contribution is -2.20. The number of nitrogens with zero attached hydrogens (tertiary/aromatic N) is 1. The number of benzene rings is 1. The summed E-state index contributed by atoms with van der Waals surface area (Å²) in [4.78, 5) is 3.92. The molecule has 0 saturated carbocycles. The summed E-state index contributed by atoms with van der Waals surface area (Å²) < 4.78 is 38.6. The smallest absolute Gasteiger partial charge is 0.306 e. The van der Waals surface area contributed by atoms with Gasteiger partial charge in [0.25, 0.3) is 0 Å². The van der Waals surface area contributed by atoms with Gasteiger partial charge in [0, 0.05) is 25.0 Å². The first-order valence-electron chi connectivity index (χ1n) is 6.27. The highest BCUT2D eigenvalue weighted by Gasteiger charge is 2.32. The van der Waals surface area contributed by atoms with Crippen LogP contribution in [0.1, 0.15) is 29.7 Å². The average Bonchev–Trinajstić information content (AvgIpc) is 2.45. The van der Waals surface area contributed by atoms with Crippen molar-refractivity contribution in [1.82, 2.24) is 10.3 Å². The number of hydrogen-bond donors (Lipinski definition) is 1. The number of pyridine rings is 1. The van der Waals surface area contributed by atoms with E-state index in [4.69, 9.17) is 0 Å². The van der Waals surface area contributed by atoms with Crippen molar-refractivity contribution in [2.24, 2.45) is 0 Å². The van der Waals surface area contributed by atoms with Gasteiger partial charge in [-0.25, -0.2) is 0 Å². The van der Waals surface area contributed by atoms with E-state index in [1.807, 2.05) is 19.1 Å². The van der Waals surface area contributed by atoms with Gasteiger partial charge in [-0.3, -0.25) is 4.98 Å². The van der Waals surface area contributed by atoms with Gasteiger partial charge in [0.1, 0.15) is 0 Å². The molecule has 0 spiro atoms. The van der Waals surface area contributed by atoms with E-state index in [0.29, 0.717) is 0 Å². The Morgan fingerprint density at radius 2 is 1.75 bits per heavy atom. The summed E-state index contributed by atoms with van der Waals surface area (Å²) in [5, 5.41) is 3.10. The fourth-order valence-electron chi connectivity index (χ4n) is 1.98. The third kappa shape index (κ3) is 3.57. The first-order valence-corrected chi connectivity index (χ1v) is 6.27. The van der Waals surface area contributed by atoms with Crippen LogP contribution in [-0.2, 0) is 12.7 Å². The Morgan fingerprint density at radius 1 is 1.10 bits per heavy atom. The van der Waals surface area contributed by atoms with Crippen molar-refractivity contribution in [2.75, 3.05) is 0 Å². The second-order valence-electron chi connectivity index (χ2n) is 4.54. The minimum absolute atomic E-state index is 0.0423. The standard InChI is InChI=1S/C15H15F3N2/c1-11(12-6-8-19-9-7-12)20-10-13-4-2-3-5-14(13)15(16,17)18/h2-9,11,20H,10H2,1H3/t11-/m1/s1. The number of rotatable bonds is 4. The molecule has 0 unspecified atom stereocenters. The van der Waals surface area contributed by atoms with Gasteiger partial charge < -0.3 is 5.32 Å². The third-order valence-corrected chi connectivity index (χ3v) is 3.13. The van der Waals surface area contributed by atoms with Crippen LogP contribution in [0.25, 0.3) is 0 Å². The normalized spacial score (nSPS) is 13.2. The summed E-state index contributed by atoms with van der Waals surface area (Å²) in [6.45, 7) is 2.07. The first-order chi connectivity index (χ1) is 9.48. The molecule has 2 aromatic rings. The second kappa shape index (κ2) is 6.05. The molecule has 5 heteroatoms. The molecular formula is C15H15F3N2. The van der Waals surface area contributed by atoms with Crippen molar-refractivity contribution >= 4 is 0 Å². The van der Waals surface area contributed by atoms with E-state index in [0.717, 1.165) is 11.6 Å². The topological polar surface area (TPSA) is 24.9 Å². The molecular weight excluding hydrogens is 265 g/mol. The van der Waals surface area contributed by atoms with E-state index in [9.17, 15) is 13.2 Å². The van der Waals surface area contributed by atoms with Crippen molar-refractivity contribution in [3.05, 3.63) is 65.5 Å². The molecule has 1 heterocycles. The molecule has 2 nitrogen and oxygen atoms in total. The molecule has 1 aromatic heterocycles. The van der Waals surface area contributed by atoms with Crippen LogP contribution >= 0.6 is 0 Å². The monoisotopic (exact) mass is 280 g/mol. The summed E-state index contributed by atoms with van der Waals surface area (Å²) >= 11 is 0. The fraction of sp³-hybridized carbons (Fsp3) is 0.267. The molecule has 20 heavy (non-hydrogen) atoms. The van der Waals surface area contributed by atoms with Crippen LogP contribution in [0.3, 0.4) is 0 Å². The Balaban J connectivity index is 2.08. The highest BCUT2D eigenvalue weighted by atomic mass is 19.4. The number of halogens is 3. The van der Waals surface area contributed by atoms with Crippen molar-refractivity contribution in [3.63, 3.8) is 0 Å². The zero-order valence-corrected chi connectivity index (χ0v) is 11.0. The zero-order chi connectivity index (χ0) is 14.6. The molecule has 1 N–H and O–H groups in total. The van der Waals surface area contributed by atoms with Crippen LogP contribution in [0, 0.1) is 0 Å². The van der Waals surface area contributed by atoms with E-state index in [-0.39, 0.29) is 18.2 Å². The van der Waals surface area contributed by atoms with Crippen LogP contribution in [0.15, 0.2) is 48.8 Å². The van der Waals surface area contributed by atoms with Gasteiger partial charge in [0.15, 0.2) is 0 Å². The molecule has 0 aliphatic carbocycles. The third-order valence-electron chi connectivity index (χ3n) is 3.13. The van der Waals surface area contributed by atoms with E-state index in [2.05, 4.69) is 10.3 Å². The van der Waals surface area contributed by atoms with Crippen LogP contribution < -0.4 is 5.32 Å². The molecule has 0 fully saturated rings. The van der Waals surface area contributed by atoms with Gasteiger partial charge in [-0.2, -0.15) is 13.2 Å². The van der Waals surface area contributed by atoms with Gasteiger partial charge >= 0.3 is 6.18 Å². The van der Waals surface area contributed by atoms with E-state index >= 15 is 0 Å². The van der Waals surface area contributed by atoms with Crippen molar-refractivity contribution in [1.29, 1.82) is 0 Å². The van der Waals surface area contributed by atoms with Crippen LogP contribution in [0.5, 0.6) is 0 Å². The zero-order valence-electron chi connectivity index (χ0n) is 11.0. The predicted molar refractivity (Wildman–Crippen MR) is 70.9 cm³/mol. The first kappa shape index (κ1) is 14.5. The highest BCUT2D eigenvalue weighted by molar-refractivity contribution is 5.29. The maximum atomic E-state index is 12.9. The van der Waals surface area contributed by atoms with Gasteiger partial charge in [0.05, 0.1) is 5.56 Å². The van der Waals surface area contributed by atoms with E-state index in [1.54, 1.807) is 18.5 Å². The number of alkyl halides is 3. The largest absolute Gasteiger partial charge is 0.416 e. The Labute approximate surface area is 115 Å². The second-order valence-corrected chi connectivity index (χ2v) is 4.54. The minimum atomic E-state index is -4.32. The lowest BCUT2D eigenvalue weighted by atomic mass is 10.1. The molecule has 0 aliphatic heterocycles. The number of hydrogen-bond acceptors (Lipinski definition) is 2. The molecule has 0 aliphatic rings.